The molecule has 1 aliphatic carbocycles. The number of hydrogen-bond donors (Lipinski definition) is 2. The molecule has 2 saturated heterocycles. The lowest BCUT2D eigenvalue weighted by Gasteiger charge is -2.44. The number of aromatic amines is 1. The number of rotatable bonds is 6. The number of anilines is 1. The summed E-state index contributed by atoms with van der Waals surface area (Å²) < 4.78 is 34.7. The van der Waals surface area contributed by atoms with Crippen LogP contribution in [0.5, 0.6) is 11.9 Å². The quantitative estimate of drug-likeness (QED) is 0.274. The number of piperidine rings is 1. The first-order valence-electron chi connectivity index (χ1n) is 16.2. The molecule has 0 spiro atoms. The van der Waals surface area contributed by atoms with Gasteiger partial charge in [0.15, 0.2) is 5.82 Å². The fourth-order valence-electron chi connectivity index (χ4n) is 7.51. The van der Waals surface area contributed by atoms with E-state index in [1.54, 1.807) is 6.20 Å². The first-order valence-corrected chi connectivity index (χ1v) is 16.6. The number of halogens is 2. The molecule has 5 heterocycles. The summed E-state index contributed by atoms with van der Waals surface area (Å²) in [6.07, 6.45) is 6.37. The van der Waals surface area contributed by atoms with Crippen LogP contribution in [0.3, 0.4) is 0 Å². The number of aryl methyl sites for hydroxylation is 1. The van der Waals surface area contributed by atoms with Crippen LogP contribution >= 0.6 is 11.6 Å². The fourth-order valence-corrected chi connectivity index (χ4v) is 7.76. The van der Waals surface area contributed by atoms with Gasteiger partial charge in [-0.2, -0.15) is 15.1 Å². The molecule has 11 nitrogen and oxygen atoms in total. The normalized spacial score (nSPS) is 23.6. The predicted octanol–water partition coefficient (Wildman–Crippen LogP) is 5.54. The molecule has 248 valence electrons. The Kier molecular flexibility index (Phi) is 9.52. The van der Waals surface area contributed by atoms with E-state index in [4.69, 9.17) is 30.8 Å². The second-order valence-corrected chi connectivity index (χ2v) is 12.7. The van der Waals surface area contributed by atoms with E-state index in [2.05, 4.69) is 32.1 Å². The van der Waals surface area contributed by atoms with Crippen LogP contribution in [0.4, 0.5) is 10.2 Å². The Morgan fingerprint density at radius 3 is 2.80 bits per heavy atom. The number of ether oxygens (including phenoxy) is 3. The minimum absolute atomic E-state index is 0.000261. The Bertz CT molecular complexity index is 1720. The van der Waals surface area contributed by atoms with Gasteiger partial charge in [0.05, 0.1) is 49.8 Å². The number of pyridine rings is 1. The molecule has 3 aliphatic rings. The number of aliphatic hydroxyl groups is 1. The maximum atomic E-state index is 16.9. The summed E-state index contributed by atoms with van der Waals surface area (Å²) in [5.74, 6) is -0.171. The first kappa shape index (κ1) is 32.6. The van der Waals surface area contributed by atoms with Gasteiger partial charge < -0.3 is 29.1 Å². The number of hydrogen-bond acceptors (Lipinski definition) is 10. The van der Waals surface area contributed by atoms with Crippen molar-refractivity contribution < 1.29 is 23.7 Å². The molecule has 13 heteroatoms. The number of benzene rings is 1. The van der Waals surface area contributed by atoms with Gasteiger partial charge in [-0.15, -0.1) is 0 Å². The molecule has 46 heavy (non-hydrogen) atoms. The molecule has 2 aliphatic heterocycles. The molecule has 4 aromatic rings. The monoisotopic (exact) mass is 655 g/mol. The molecule has 2 N–H and O–H groups in total. The van der Waals surface area contributed by atoms with Crippen molar-refractivity contribution in [1.82, 2.24) is 30.0 Å². The van der Waals surface area contributed by atoms with Crippen LogP contribution in [0.15, 0.2) is 12.3 Å². The van der Waals surface area contributed by atoms with E-state index in [9.17, 15) is 5.11 Å². The molecular weight excluding hydrogens is 613 g/mol. The third-order valence-corrected chi connectivity index (χ3v) is 10.1. The predicted molar refractivity (Wildman–Crippen MR) is 176 cm³/mol. The highest BCUT2D eigenvalue weighted by atomic mass is 35.5. The minimum atomic E-state index is -0.758. The number of nitrogens with zero attached hydrogens (tertiary/aromatic N) is 6. The third-order valence-electron chi connectivity index (χ3n) is 9.62. The second-order valence-electron chi connectivity index (χ2n) is 12.4. The molecule has 3 unspecified atom stereocenters. The van der Waals surface area contributed by atoms with Crippen molar-refractivity contribution in [3.63, 3.8) is 0 Å². The van der Waals surface area contributed by atoms with Crippen LogP contribution in [0.1, 0.15) is 51.5 Å². The van der Waals surface area contributed by atoms with Crippen molar-refractivity contribution in [3.8, 4) is 23.1 Å². The van der Waals surface area contributed by atoms with Gasteiger partial charge in [0.1, 0.15) is 22.4 Å². The Morgan fingerprint density at radius 1 is 1.20 bits per heavy atom. The van der Waals surface area contributed by atoms with E-state index < -0.39 is 11.9 Å². The Hall–Kier alpha value is -3.32. The van der Waals surface area contributed by atoms with Crippen molar-refractivity contribution in [2.75, 3.05) is 58.5 Å². The number of methoxy groups -OCH3 is 1. The SMILES string of the molecule is CC.COc1nc(-c2c(Cl)c(C)cc3[nH]ncc23)c(F)c2nc(OCC34CCCC3N(C)CCC4)nc(N3CCOCC(O)C3)c12. The van der Waals surface area contributed by atoms with Crippen LogP contribution in [-0.4, -0.2) is 101 Å². The average Bonchev–Trinajstić information content (AvgIpc) is 3.65. The Labute approximate surface area is 273 Å². The lowest BCUT2D eigenvalue weighted by atomic mass is 9.76. The van der Waals surface area contributed by atoms with Crippen LogP contribution < -0.4 is 14.4 Å². The zero-order chi connectivity index (χ0) is 32.6. The molecule has 3 aromatic heterocycles. The van der Waals surface area contributed by atoms with Gasteiger partial charge in [0.2, 0.25) is 5.88 Å². The van der Waals surface area contributed by atoms with Crippen molar-refractivity contribution in [2.45, 2.75) is 65.0 Å². The third kappa shape index (κ3) is 5.74. The number of H-pyrrole nitrogens is 1. The summed E-state index contributed by atoms with van der Waals surface area (Å²) in [5.41, 5.74) is 1.84. The van der Waals surface area contributed by atoms with E-state index in [0.717, 1.165) is 44.2 Å². The number of aromatic nitrogens is 5. The lowest BCUT2D eigenvalue weighted by Crippen LogP contribution is -2.50. The number of nitrogens with one attached hydrogen (secondary N) is 1. The minimum Gasteiger partial charge on any atom is -0.480 e. The largest absolute Gasteiger partial charge is 0.480 e. The van der Waals surface area contributed by atoms with Gasteiger partial charge in [-0.05, 0) is 57.8 Å². The van der Waals surface area contributed by atoms with Gasteiger partial charge in [0, 0.05) is 35.5 Å². The molecule has 1 saturated carbocycles. The average molecular weight is 656 g/mol. The maximum Gasteiger partial charge on any atom is 0.319 e. The van der Waals surface area contributed by atoms with Crippen molar-refractivity contribution in [1.29, 1.82) is 0 Å². The van der Waals surface area contributed by atoms with Crippen molar-refractivity contribution >= 4 is 39.2 Å². The number of likely N-dealkylation sites (tertiary alicyclic amines) is 1. The fraction of sp³-hybridized carbons (Fsp3) is 0.576. The van der Waals surface area contributed by atoms with E-state index in [0.29, 0.717) is 53.1 Å². The summed E-state index contributed by atoms with van der Waals surface area (Å²) in [5, 5.41) is 18.9. The number of fused-ring (bicyclic) bond motifs is 3. The van der Waals surface area contributed by atoms with Gasteiger partial charge in [-0.1, -0.05) is 31.9 Å². The molecular formula is C33H43ClFN7O4. The van der Waals surface area contributed by atoms with Crippen LogP contribution in [0.2, 0.25) is 5.02 Å². The summed E-state index contributed by atoms with van der Waals surface area (Å²) in [6.45, 7) is 8.58. The molecule has 3 fully saturated rings. The highest BCUT2D eigenvalue weighted by Crippen LogP contribution is 2.48. The van der Waals surface area contributed by atoms with E-state index >= 15 is 4.39 Å². The highest BCUT2D eigenvalue weighted by Gasteiger charge is 2.47. The molecule has 1 aromatic carbocycles. The molecule has 0 radical (unpaired) electrons. The summed E-state index contributed by atoms with van der Waals surface area (Å²) in [6, 6.07) is 2.37. The van der Waals surface area contributed by atoms with E-state index in [1.807, 2.05) is 31.7 Å². The topological polar surface area (TPSA) is 122 Å². The zero-order valence-corrected chi connectivity index (χ0v) is 28.0. The van der Waals surface area contributed by atoms with Crippen LogP contribution in [0, 0.1) is 18.2 Å². The van der Waals surface area contributed by atoms with Crippen molar-refractivity contribution in [2.24, 2.45) is 5.41 Å². The lowest BCUT2D eigenvalue weighted by molar-refractivity contribution is 0.0133. The number of aliphatic hydroxyl groups excluding tert-OH is 1. The summed E-state index contributed by atoms with van der Waals surface area (Å²) >= 11 is 6.80. The summed E-state index contributed by atoms with van der Waals surface area (Å²) in [4.78, 5) is 18.4. The Balaban J connectivity index is 0.00000182. The van der Waals surface area contributed by atoms with Crippen LogP contribution in [0.25, 0.3) is 33.1 Å². The molecule has 0 amide bonds. The van der Waals surface area contributed by atoms with Crippen LogP contribution in [-0.2, 0) is 4.74 Å². The first-order chi connectivity index (χ1) is 22.3. The second kappa shape index (κ2) is 13.4. The van der Waals surface area contributed by atoms with E-state index in [1.165, 1.54) is 7.11 Å². The molecule has 0 bridgehead atoms. The standard InChI is InChI=1S/C31H37ClFN7O4.C2H6/c1-17-12-20-19(13-34-38-20)22(24(17)32)26-25(33)27-23(29(35-26)42-3)28(40-10-11-43-15-18(41)14-40)37-30(36-27)44-16-31-7-4-6-21(31)39(2)9-5-8-31;1-2/h12-13,18,21,41H,4-11,14-16H2,1-3H3,(H,34,38);1-2H3. The highest BCUT2D eigenvalue weighted by molar-refractivity contribution is 6.35. The smallest absolute Gasteiger partial charge is 0.319 e. The van der Waals surface area contributed by atoms with Gasteiger partial charge >= 0.3 is 6.01 Å². The molecule has 7 rings (SSSR count). The van der Waals surface area contributed by atoms with Gasteiger partial charge in [-0.3, -0.25) is 5.10 Å². The van der Waals surface area contributed by atoms with Crippen molar-refractivity contribution in [3.05, 3.63) is 28.7 Å². The maximum absolute atomic E-state index is 16.9. The van der Waals surface area contributed by atoms with E-state index in [-0.39, 0.29) is 47.1 Å². The Morgan fingerprint density at radius 2 is 2.00 bits per heavy atom. The van der Waals surface area contributed by atoms with Gasteiger partial charge in [-0.25, -0.2) is 9.37 Å². The molecule has 3 atom stereocenters. The summed E-state index contributed by atoms with van der Waals surface area (Å²) in [7, 11) is 3.66. The number of β-amino-alcohol motifs (C(OH)–C–C–N with tert-alkyl or cyclic N) is 1. The zero-order valence-electron chi connectivity index (χ0n) is 27.2. The van der Waals surface area contributed by atoms with Gasteiger partial charge in [0.25, 0.3) is 0 Å².